The molecule has 0 unspecified atom stereocenters. The van der Waals surface area contributed by atoms with Crippen LogP contribution >= 0.6 is 0 Å². The molecule has 1 rings (SSSR count). The summed E-state index contributed by atoms with van der Waals surface area (Å²) in [6.45, 7) is -1.33. The van der Waals surface area contributed by atoms with Gasteiger partial charge in [0.15, 0.2) is 0 Å². The van der Waals surface area contributed by atoms with Crippen molar-refractivity contribution in [2.24, 2.45) is 0 Å². The fourth-order valence-electron chi connectivity index (χ4n) is 1.07. The molecule has 1 aromatic rings. The molecule has 0 aliphatic heterocycles. The topological polar surface area (TPSA) is 49.7 Å². The van der Waals surface area contributed by atoms with Crippen molar-refractivity contribution in [2.45, 2.75) is 5.92 Å². The Labute approximate surface area is 79.6 Å². The number of benzene rings is 1. The second-order valence-corrected chi connectivity index (χ2v) is 2.75. The minimum Gasteiger partial charge on any atom is -0.508 e. The summed E-state index contributed by atoms with van der Waals surface area (Å²) < 4.78 is 30.8. The summed E-state index contributed by atoms with van der Waals surface area (Å²) in [4.78, 5) is 0. The molecule has 78 valence electrons. The van der Waals surface area contributed by atoms with Crippen LogP contribution < -0.4 is 4.74 Å². The van der Waals surface area contributed by atoms with Crippen molar-refractivity contribution in [3.05, 3.63) is 23.8 Å². The Morgan fingerprint density at radius 1 is 1.43 bits per heavy atom. The zero-order valence-corrected chi connectivity index (χ0v) is 7.50. The number of hydrogen-bond donors (Lipinski definition) is 2. The lowest BCUT2D eigenvalue weighted by Gasteiger charge is -2.16. The first-order valence-electron chi connectivity index (χ1n) is 3.87. The first kappa shape index (κ1) is 10.7. The van der Waals surface area contributed by atoms with Crippen LogP contribution in [0.2, 0.25) is 0 Å². The normalized spacial score (nSPS) is 11.4. The molecule has 0 heterocycles. The van der Waals surface area contributed by atoms with Crippen molar-refractivity contribution in [1.29, 1.82) is 0 Å². The third-order valence-corrected chi connectivity index (χ3v) is 1.78. The average molecular weight is 204 g/mol. The molecular formula is C9H10F2O3. The average Bonchev–Trinajstić information content (AvgIpc) is 2.18. The van der Waals surface area contributed by atoms with E-state index in [9.17, 15) is 8.78 Å². The highest BCUT2D eigenvalue weighted by Gasteiger charge is 2.34. The molecule has 3 nitrogen and oxygen atoms in total. The Hall–Kier alpha value is -1.36. The van der Waals surface area contributed by atoms with Crippen LogP contribution in [0.15, 0.2) is 18.2 Å². The molecule has 0 atom stereocenters. The van der Waals surface area contributed by atoms with E-state index in [0.29, 0.717) is 0 Å². The Morgan fingerprint density at radius 3 is 2.57 bits per heavy atom. The number of alkyl halides is 2. The summed E-state index contributed by atoms with van der Waals surface area (Å²) in [7, 11) is 1.24. The van der Waals surface area contributed by atoms with Crippen LogP contribution in [-0.2, 0) is 5.92 Å². The highest BCUT2D eigenvalue weighted by molar-refractivity contribution is 5.42. The summed E-state index contributed by atoms with van der Waals surface area (Å²) in [6, 6.07) is 3.32. The first-order chi connectivity index (χ1) is 6.51. The van der Waals surface area contributed by atoms with Crippen LogP contribution in [0.4, 0.5) is 8.78 Å². The van der Waals surface area contributed by atoms with Gasteiger partial charge >= 0.3 is 0 Å². The van der Waals surface area contributed by atoms with Gasteiger partial charge in [0.1, 0.15) is 18.1 Å². The number of aliphatic hydroxyl groups is 1. The molecule has 0 bridgehead atoms. The molecule has 0 radical (unpaired) electrons. The van der Waals surface area contributed by atoms with Gasteiger partial charge < -0.3 is 14.9 Å². The quantitative estimate of drug-likeness (QED) is 0.784. The van der Waals surface area contributed by atoms with Crippen LogP contribution in [-0.4, -0.2) is 23.9 Å². The highest BCUT2D eigenvalue weighted by Crippen LogP contribution is 2.36. The van der Waals surface area contributed by atoms with Crippen LogP contribution in [0.5, 0.6) is 11.5 Å². The molecule has 2 N–H and O–H groups in total. The molecule has 0 aliphatic carbocycles. The minimum atomic E-state index is -3.41. The lowest BCUT2D eigenvalue weighted by Crippen LogP contribution is -2.19. The van der Waals surface area contributed by atoms with Crippen LogP contribution in [0.25, 0.3) is 0 Å². The SMILES string of the molecule is COc1ccc(O)cc1C(F)(F)CO. The van der Waals surface area contributed by atoms with Gasteiger partial charge in [-0.15, -0.1) is 0 Å². The molecule has 1 aromatic carbocycles. The smallest absolute Gasteiger partial charge is 0.299 e. The number of hydrogen-bond acceptors (Lipinski definition) is 3. The van der Waals surface area contributed by atoms with E-state index in [1.54, 1.807) is 0 Å². The summed E-state index contributed by atoms with van der Waals surface area (Å²) in [5.74, 6) is -3.78. The lowest BCUT2D eigenvalue weighted by atomic mass is 10.1. The van der Waals surface area contributed by atoms with Gasteiger partial charge in [0.2, 0.25) is 0 Å². The van der Waals surface area contributed by atoms with Gasteiger partial charge in [-0.2, -0.15) is 8.78 Å². The zero-order valence-electron chi connectivity index (χ0n) is 7.50. The fraction of sp³-hybridized carbons (Fsp3) is 0.333. The highest BCUT2D eigenvalue weighted by atomic mass is 19.3. The number of aromatic hydroxyl groups is 1. The van der Waals surface area contributed by atoms with E-state index in [-0.39, 0.29) is 11.5 Å². The van der Waals surface area contributed by atoms with E-state index in [0.717, 1.165) is 6.07 Å². The van der Waals surface area contributed by atoms with Crippen molar-refractivity contribution in [3.63, 3.8) is 0 Å². The van der Waals surface area contributed by atoms with Crippen LogP contribution in [0.1, 0.15) is 5.56 Å². The van der Waals surface area contributed by atoms with Crippen molar-refractivity contribution >= 4 is 0 Å². The maximum atomic E-state index is 13.1. The van der Waals surface area contributed by atoms with Gasteiger partial charge in [-0.25, -0.2) is 0 Å². The molecule has 0 fully saturated rings. The van der Waals surface area contributed by atoms with E-state index >= 15 is 0 Å². The number of ether oxygens (including phenoxy) is 1. The van der Waals surface area contributed by atoms with Crippen molar-refractivity contribution < 1.29 is 23.7 Å². The number of halogens is 2. The predicted octanol–water partition coefficient (Wildman–Crippen LogP) is 1.48. The lowest BCUT2D eigenvalue weighted by molar-refractivity contribution is -0.0572. The third-order valence-electron chi connectivity index (χ3n) is 1.78. The summed E-state index contributed by atoms with van der Waals surface area (Å²) in [5, 5.41) is 17.5. The summed E-state index contributed by atoms with van der Waals surface area (Å²) in [5.41, 5.74) is -0.525. The fourth-order valence-corrected chi connectivity index (χ4v) is 1.07. The number of methoxy groups -OCH3 is 1. The van der Waals surface area contributed by atoms with E-state index in [2.05, 4.69) is 4.74 Å². The molecule has 0 saturated heterocycles. The minimum absolute atomic E-state index is 0.0677. The van der Waals surface area contributed by atoms with Gasteiger partial charge in [-0.1, -0.05) is 0 Å². The van der Waals surface area contributed by atoms with Crippen molar-refractivity contribution in [1.82, 2.24) is 0 Å². The van der Waals surface area contributed by atoms with Crippen LogP contribution in [0.3, 0.4) is 0 Å². The predicted molar refractivity (Wildman–Crippen MR) is 45.6 cm³/mol. The second kappa shape index (κ2) is 3.79. The monoisotopic (exact) mass is 204 g/mol. The van der Waals surface area contributed by atoms with Gasteiger partial charge in [-0.05, 0) is 18.2 Å². The van der Waals surface area contributed by atoms with E-state index < -0.39 is 18.1 Å². The van der Waals surface area contributed by atoms with E-state index in [4.69, 9.17) is 10.2 Å². The second-order valence-electron chi connectivity index (χ2n) is 2.75. The van der Waals surface area contributed by atoms with Gasteiger partial charge in [0, 0.05) is 0 Å². The number of aliphatic hydroxyl groups excluding tert-OH is 1. The molecule has 0 saturated carbocycles. The van der Waals surface area contributed by atoms with Crippen molar-refractivity contribution in [3.8, 4) is 11.5 Å². The number of phenols is 1. The molecule has 0 spiro atoms. The Kier molecular flexibility index (Phi) is 2.90. The van der Waals surface area contributed by atoms with Gasteiger partial charge in [0.25, 0.3) is 5.92 Å². The summed E-state index contributed by atoms with van der Waals surface area (Å²) >= 11 is 0. The zero-order chi connectivity index (χ0) is 10.8. The Morgan fingerprint density at radius 2 is 2.07 bits per heavy atom. The van der Waals surface area contributed by atoms with Gasteiger partial charge in [-0.3, -0.25) is 0 Å². The first-order valence-corrected chi connectivity index (χ1v) is 3.87. The van der Waals surface area contributed by atoms with E-state index in [1.807, 2.05) is 0 Å². The maximum Gasteiger partial charge on any atom is 0.299 e. The molecule has 5 heteroatoms. The van der Waals surface area contributed by atoms with E-state index in [1.165, 1.54) is 19.2 Å². The maximum absolute atomic E-state index is 13.1. The van der Waals surface area contributed by atoms with Crippen molar-refractivity contribution in [2.75, 3.05) is 13.7 Å². The molecule has 0 aliphatic rings. The molecule has 0 aromatic heterocycles. The summed E-state index contributed by atoms with van der Waals surface area (Å²) in [6.07, 6.45) is 0. The molecular weight excluding hydrogens is 194 g/mol. The largest absolute Gasteiger partial charge is 0.508 e. The Balaban J connectivity index is 3.23. The molecule has 0 amide bonds. The number of rotatable bonds is 3. The molecule has 14 heavy (non-hydrogen) atoms. The van der Waals surface area contributed by atoms with Gasteiger partial charge in [0.05, 0.1) is 12.7 Å². The number of phenolic OH excluding ortho intramolecular Hbond substituents is 1. The standard InChI is InChI=1S/C9H10F2O3/c1-14-8-3-2-6(13)4-7(8)9(10,11)5-12/h2-4,12-13H,5H2,1H3. The Bertz CT molecular complexity index is 326. The third kappa shape index (κ3) is 1.93. The van der Waals surface area contributed by atoms with Crippen LogP contribution in [0, 0.1) is 0 Å².